The van der Waals surface area contributed by atoms with Crippen LogP contribution in [0.5, 0.6) is 0 Å². The van der Waals surface area contributed by atoms with Gasteiger partial charge in [-0.15, -0.1) is 0 Å². The molecule has 0 atom stereocenters. The Morgan fingerprint density at radius 1 is 1.19 bits per heavy atom. The molecule has 4 nitrogen and oxygen atoms in total. The molecule has 0 bridgehead atoms. The van der Waals surface area contributed by atoms with E-state index < -0.39 is 9.84 Å². The Labute approximate surface area is 127 Å². The number of halogens is 1. The fraction of sp³-hybridized carbons (Fsp3) is 0.133. The van der Waals surface area contributed by atoms with E-state index in [2.05, 4.69) is 9.97 Å². The van der Waals surface area contributed by atoms with Crippen LogP contribution in [-0.2, 0) is 9.84 Å². The number of hydrogen-bond acceptors (Lipinski definition) is 3. The normalized spacial score (nSPS) is 12.0. The number of aromatic amines is 1. The van der Waals surface area contributed by atoms with Crippen molar-refractivity contribution in [2.24, 2.45) is 0 Å². The van der Waals surface area contributed by atoms with E-state index >= 15 is 0 Å². The topological polar surface area (TPSA) is 62.8 Å². The van der Waals surface area contributed by atoms with Crippen LogP contribution in [0.1, 0.15) is 5.56 Å². The number of nitrogens with one attached hydrogen (secondary N) is 1. The molecular formula is C15H13ClN2O2S. The first-order valence-corrected chi connectivity index (χ1v) is 8.58. The fourth-order valence-corrected chi connectivity index (χ4v) is 3.40. The van der Waals surface area contributed by atoms with Crippen LogP contribution in [0.2, 0.25) is 5.02 Å². The van der Waals surface area contributed by atoms with Gasteiger partial charge in [0, 0.05) is 11.8 Å². The molecule has 0 amide bonds. The van der Waals surface area contributed by atoms with Crippen molar-refractivity contribution in [2.45, 2.75) is 11.8 Å². The van der Waals surface area contributed by atoms with Crippen LogP contribution in [0.25, 0.3) is 22.4 Å². The van der Waals surface area contributed by atoms with Gasteiger partial charge in [-0.1, -0.05) is 23.7 Å². The van der Waals surface area contributed by atoms with Gasteiger partial charge in [-0.05, 0) is 36.8 Å². The van der Waals surface area contributed by atoms with Crippen molar-refractivity contribution in [1.82, 2.24) is 9.97 Å². The second-order valence-electron chi connectivity index (χ2n) is 4.99. The molecule has 0 saturated heterocycles. The smallest absolute Gasteiger partial charge is 0.177 e. The Hall–Kier alpha value is -1.85. The minimum Gasteiger partial charge on any atom is -0.338 e. The molecule has 6 heteroatoms. The first-order valence-electron chi connectivity index (χ1n) is 6.31. The predicted molar refractivity (Wildman–Crippen MR) is 84.4 cm³/mol. The van der Waals surface area contributed by atoms with Crippen LogP contribution < -0.4 is 0 Å². The Bertz CT molecular complexity index is 945. The van der Waals surface area contributed by atoms with Gasteiger partial charge in [0.2, 0.25) is 0 Å². The number of aryl methyl sites for hydroxylation is 1. The highest BCUT2D eigenvalue weighted by atomic mass is 35.5. The van der Waals surface area contributed by atoms with Crippen molar-refractivity contribution < 1.29 is 8.42 Å². The molecule has 0 aliphatic heterocycles. The molecule has 3 rings (SSSR count). The van der Waals surface area contributed by atoms with Crippen LogP contribution in [0.4, 0.5) is 0 Å². The third-order valence-electron chi connectivity index (χ3n) is 3.25. The molecule has 1 heterocycles. The summed E-state index contributed by atoms with van der Waals surface area (Å²) in [5.41, 5.74) is 2.91. The van der Waals surface area contributed by atoms with E-state index in [0.717, 1.165) is 11.1 Å². The first-order chi connectivity index (χ1) is 9.86. The monoisotopic (exact) mass is 320 g/mol. The summed E-state index contributed by atoms with van der Waals surface area (Å²) in [6, 6.07) is 10.7. The van der Waals surface area contributed by atoms with Crippen molar-refractivity contribution in [3.05, 3.63) is 47.0 Å². The number of nitrogens with zero attached hydrogens (tertiary/aromatic N) is 1. The van der Waals surface area contributed by atoms with Gasteiger partial charge in [-0.2, -0.15) is 0 Å². The predicted octanol–water partition coefficient (Wildman–Crippen LogP) is 3.60. The number of fused-ring (bicyclic) bond motifs is 1. The van der Waals surface area contributed by atoms with E-state index in [0.29, 0.717) is 21.9 Å². The van der Waals surface area contributed by atoms with Gasteiger partial charge in [-0.3, -0.25) is 0 Å². The zero-order valence-corrected chi connectivity index (χ0v) is 13.1. The molecule has 0 unspecified atom stereocenters. The van der Waals surface area contributed by atoms with Crippen LogP contribution in [0.3, 0.4) is 0 Å². The molecule has 3 aromatic rings. The summed E-state index contributed by atoms with van der Waals surface area (Å²) >= 11 is 6.24. The number of aromatic nitrogens is 2. The van der Waals surface area contributed by atoms with E-state index in [4.69, 9.17) is 11.6 Å². The lowest BCUT2D eigenvalue weighted by molar-refractivity contribution is 0.602. The Morgan fingerprint density at radius 2 is 1.95 bits per heavy atom. The molecule has 0 radical (unpaired) electrons. The van der Waals surface area contributed by atoms with Gasteiger partial charge < -0.3 is 4.98 Å². The highest BCUT2D eigenvalue weighted by molar-refractivity contribution is 7.91. The molecule has 0 aliphatic carbocycles. The molecule has 0 aliphatic rings. The van der Waals surface area contributed by atoms with E-state index in [9.17, 15) is 8.42 Å². The van der Waals surface area contributed by atoms with Gasteiger partial charge in [-0.25, -0.2) is 13.4 Å². The Kier molecular flexibility index (Phi) is 3.26. The largest absolute Gasteiger partial charge is 0.338 e. The van der Waals surface area contributed by atoms with Crippen molar-refractivity contribution in [1.29, 1.82) is 0 Å². The molecule has 1 N–H and O–H groups in total. The van der Waals surface area contributed by atoms with Crippen LogP contribution >= 0.6 is 11.6 Å². The van der Waals surface area contributed by atoms with Crippen molar-refractivity contribution in [3.63, 3.8) is 0 Å². The first kappa shape index (κ1) is 14.1. The Morgan fingerprint density at radius 3 is 2.62 bits per heavy atom. The van der Waals surface area contributed by atoms with E-state index in [1.54, 1.807) is 18.2 Å². The number of benzene rings is 2. The van der Waals surface area contributed by atoms with Crippen molar-refractivity contribution >= 4 is 32.5 Å². The maximum atomic E-state index is 11.8. The average molecular weight is 321 g/mol. The Balaban J connectivity index is 2.27. The number of para-hydroxylation sites is 1. The highest BCUT2D eigenvalue weighted by Crippen LogP contribution is 2.30. The molecule has 0 saturated carbocycles. The lowest BCUT2D eigenvalue weighted by Gasteiger charge is -2.01. The molecule has 21 heavy (non-hydrogen) atoms. The van der Waals surface area contributed by atoms with E-state index in [1.807, 2.05) is 25.1 Å². The maximum absolute atomic E-state index is 11.8. The van der Waals surface area contributed by atoms with Crippen molar-refractivity contribution in [3.8, 4) is 11.4 Å². The summed E-state index contributed by atoms with van der Waals surface area (Å²) < 4.78 is 23.6. The molecule has 108 valence electrons. The minimum atomic E-state index is -3.33. The standard InChI is InChI=1S/C15H13ClN2O2S/c1-9-6-7-10(11(16)8-9)15-17-12-4-3-5-13(14(12)18-15)21(2,19)20/h3-8H,1-2H3,(H,17,18). The van der Waals surface area contributed by atoms with Gasteiger partial charge in [0.1, 0.15) is 11.3 Å². The zero-order valence-electron chi connectivity index (χ0n) is 11.5. The lowest BCUT2D eigenvalue weighted by Crippen LogP contribution is -1.97. The average Bonchev–Trinajstić information content (AvgIpc) is 2.80. The number of hydrogen-bond donors (Lipinski definition) is 1. The second-order valence-corrected chi connectivity index (χ2v) is 7.38. The summed E-state index contributed by atoms with van der Waals surface area (Å²) in [7, 11) is -3.33. The van der Waals surface area contributed by atoms with Crippen LogP contribution in [-0.4, -0.2) is 24.6 Å². The number of sulfone groups is 1. The van der Waals surface area contributed by atoms with E-state index in [1.165, 1.54) is 6.26 Å². The van der Waals surface area contributed by atoms with Crippen molar-refractivity contribution in [2.75, 3.05) is 6.26 Å². The van der Waals surface area contributed by atoms with E-state index in [-0.39, 0.29) is 4.90 Å². The number of imidazole rings is 1. The molecule has 2 aromatic carbocycles. The summed E-state index contributed by atoms with van der Waals surface area (Å²) in [5, 5.41) is 0.579. The van der Waals surface area contributed by atoms with Gasteiger partial charge in [0.15, 0.2) is 9.84 Å². The number of H-pyrrole nitrogens is 1. The third kappa shape index (κ3) is 2.54. The molecule has 1 aromatic heterocycles. The quantitative estimate of drug-likeness (QED) is 0.784. The van der Waals surface area contributed by atoms with Crippen LogP contribution in [0.15, 0.2) is 41.3 Å². The van der Waals surface area contributed by atoms with Gasteiger partial charge >= 0.3 is 0 Å². The summed E-state index contributed by atoms with van der Waals surface area (Å²) in [6.45, 7) is 1.95. The molecule has 0 spiro atoms. The summed E-state index contributed by atoms with van der Waals surface area (Å²) in [6.07, 6.45) is 1.18. The van der Waals surface area contributed by atoms with Crippen LogP contribution in [0, 0.1) is 6.92 Å². The summed E-state index contributed by atoms with van der Waals surface area (Å²) in [4.78, 5) is 7.76. The van der Waals surface area contributed by atoms with Gasteiger partial charge in [0.05, 0.1) is 15.4 Å². The highest BCUT2D eigenvalue weighted by Gasteiger charge is 2.16. The SMILES string of the molecule is Cc1ccc(-c2nc3c(S(C)(=O)=O)cccc3[nH]2)c(Cl)c1. The third-order valence-corrected chi connectivity index (χ3v) is 4.70. The summed E-state index contributed by atoms with van der Waals surface area (Å²) in [5.74, 6) is 0.561. The lowest BCUT2D eigenvalue weighted by atomic mass is 10.1. The molecule has 0 fully saturated rings. The van der Waals surface area contributed by atoms with Gasteiger partial charge in [0.25, 0.3) is 0 Å². The minimum absolute atomic E-state index is 0.214. The number of rotatable bonds is 2. The molecular weight excluding hydrogens is 308 g/mol. The zero-order chi connectivity index (χ0) is 15.2. The second kappa shape index (κ2) is 4.86. The maximum Gasteiger partial charge on any atom is 0.177 e. The fourth-order valence-electron chi connectivity index (χ4n) is 2.24.